The molecule has 0 radical (unpaired) electrons. The van der Waals surface area contributed by atoms with Gasteiger partial charge in [-0.05, 0) is 88.8 Å². The second kappa shape index (κ2) is 10.2. The van der Waals surface area contributed by atoms with Gasteiger partial charge < -0.3 is 4.74 Å². The summed E-state index contributed by atoms with van der Waals surface area (Å²) < 4.78 is 6.46. The number of ether oxygens (including phenoxy) is 1. The molecule has 9 aromatic rings. The van der Waals surface area contributed by atoms with Crippen LogP contribution in [-0.4, -0.2) is 0 Å². The van der Waals surface area contributed by atoms with Gasteiger partial charge in [-0.15, -0.1) is 0 Å². The third-order valence-electron chi connectivity index (χ3n) is 9.87. The van der Waals surface area contributed by atoms with Crippen LogP contribution in [0.3, 0.4) is 0 Å². The van der Waals surface area contributed by atoms with Crippen LogP contribution in [0.2, 0.25) is 0 Å². The molecule has 1 heteroatoms. The minimum absolute atomic E-state index is 0.909. The fourth-order valence-electron chi connectivity index (χ4n) is 7.82. The third kappa shape index (κ3) is 3.90. The summed E-state index contributed by atoms with van der Waals surface area (Å²) >= 11 is 0. The molecule has 0 N–H and O–H groups in total. The molecule has 9 aromatic carbocycles. The van der Waals surface area contributed by atoms with Crippen LogP contribution in [0.4, 0.5) is 0 Å². The Kier molecular flexibility index (Phi) is 5.64. The van der Waals surface area contributed by atoms with Gasteiger partial charge in [0.05, 0.1) is 0 Å². The summed E-state index contributed by atoms with van der Waals surface area (Å²) in [5, 5.41) is 9.91. The molecule has 0 unspecified atom stereocenters. The molecule has 1 aliphatic heterocycles. The van der Waals surface area contributed by atoms with Crippen LogP contribution in [0, 0.1) is 0 Å². The van der Waals surface area contributed by atoms with E-state index in [0.29, 0.717) is 0 Å². The molecule has 10 rings (SSSR count). The molecule has 0 bridgehead atoms. The van der Waals surface area contributed by atoms with Crippen LogP contribution in [0.15, 0.2) is 170 Å². The quantitative estimate of drug-likeness (QED) is 0.184. The second-order valence-electron chi connectivity index (χ2n) is 12.4. The summed E-state index contributed by atoms with van der Waals surface area (Å²) in [6, 6.07) is 61.5. The summed E-state index contributed by atoms with van der Waals surface area (Å²) in [7, 11) is 0. The summed E-state index contributed by atoms with van der Waals surface area (Å²) in [5.41, 5.74) is 9.81. The van der Waals surface area contributed by atoms with Gasteiger partial charge in [-0.3, -0.25) is 0 Å². The van der Waals surface area contributed by atoms with E-state index in [0.717, 1.165) is 17.1 Å². The summed E-state index contributed by atoms with van der Waals surface area (Å²) in [6.07, 6.45) is 0. The Labute approximate surface area is 272 Å². The van der Waals surface area contributed by atoms with E-state index in [1.807, 2.05) is 6.07 Å². The molecule has 0 aromatic heterocycles. The second-order valence-corrected chi connectivity index (χ2v) is 12.4. The van der Waals surface area contributed by atoms with E-state index in [1.54, 1.807) is 0 Å². The Bertz CT molecular complexity index is 2640. The van der Waals surface area contributed by atoms with E-state index in [4.69, 9.17) is 4.74 Å². The van der Waals surface area contributed by atoms with E-state index in [9.17, 15) is 0 Å². The highest BCUT2D eigenvalue weighted by Gasteiger charge is 2.23. The molecule has 1 aliphatic rings. The molecular formula is C46H28O. The first kappa shape index (κ1) is 26.1. The maximum absolute atomic E-state index is 6.46. The van der Waals surface area contributed by atoms with Crippen LogP contribution >= 0.6 is 0 Å². The standard InChI is InChI=1S/C46H28O/c1-2-13-32-29(11-1)12-9-19-33(32)30-23-25-31(26-24-30)44-35-15-3-5-17-37(35)45(38-18-6-4-16-36(38)44)41-28-27-40-34-14-7-8-21-42(34)47-43-22-10-20-39(41)46(40)43/h1-28H. The number of rotatable bonds is 3. The van der Waals surface area contributed by atoms with Crippen molar-refractivity contribution >= 4 is 43.1 Å². The molecule has 0 spiro atoms. The first-order chi connectivity index (χ1) is 23.3. The minimum Gasteiger partial charge on any atom is -0.456 e. The lowest BCUT2D eigenvalue weighted by Crippen LogP contribution is -1.98. The van der Waals surface area contributed by atoms with Crippen molar-refractivity contribution in [3.8, 4) is 56.0 Å². The zero-order valence-corrected chi connectivity index (χ0v) is 25.6. The molecule has 0 aliphatic carbocycles. The number of fused-ring (bicyclic) bond motifs is 5. The Balaban J connectivity index is 1.21. The number of hydrogen-bond donors (Lipinski definition) is 0. The monoisotopic (exact) mass is 596 g/mol. The van der Waals surface area contributed by atoms with Crippen LogP contribution in [0.1, 0.15) is 0 Å². The topological polar surface area (TPSA) is 9.23 Å². The van der Waals surface area contributed by atoms with Crippen LogP contribution < -0.4 is 4.74 Å². The molecule has 47 heavy (non-hydrogen) atoms. The van der Waals surface area contributed by atoms with Gasteiger partial charge in [0.15, 0.2) is 0 Å². The van der Waals surface area contributed by atoms with Gasteiger partial charge >= 0.3 is 0 Å². The highest BCUT2D eigenvalue weighted by atomic mass is 16.5. The zero-order valence-electron chi connectivity index (χ0n) is 25.6. The van der Waals surface area contributed by atoms with Crippen molar-refractivity contribution in [2.75, 3.05) is 0 Å². The average Bonchev–Trinajstić information content (AvgIpc) is 3.14. The van der Waals surface area contributed by atoms with E-state index in [2.05, 4.69) is 164 Å². The van der Waals surface area contributed by atoms with Gasteiger partial charge in [0.1, 0.15) is 11.5 Å². The maximum Gasteiger partial charge on any atom is 0.135 e. The summed E-state index contributed by atoms with van der Waals surface area (Å²) in [4.78, 5) is 0. The molecule has 0 amide bonds. The van der Waals surface area contributed by atoms with Crippen molar-refractivity contribution in [3.63, 3.8) is 0 Å². The van der Waals surface area contributed by atoms with Crippen molar-refractivity contribution in [1.29, 1.82) is 0 Å². The number of para-hydroxylation sites is 1. The van der Waals surface area contributed by atoms with Gasteiger partial charge in [-0.2, -0.15) is 0 Å². The fraction of sp³-hybridized carbons (Fsp3) is 0. The summed E-state index contributed by atoms with van der Waals surface area (Å²) in [6.45, 7) is 0. The van der Waals surface area contributed by atoms with E-state index in [1.165, 1.54) is 82.0 Å². The molecule has 218 valence electrons. The van der Waals surface area contributed by atoms with Crippen molar-refractivity contribution < 1.29 is 4.74 Å². The Hall–Kier alpha value is -6.18. The van der Waals surface area contributed by atoms with Crippen molar-refractivity contribution in [3.05, 3.63) is 170 Å². The van der Waals surface area contributed by atoms with Gasteiger partial charge in [-0.1, -0.05) is 158 Å². The smallest absolute Gasteiger partial charge is 0.135 e. The van der Waals surface area contributed by atoms with Gasteiger partial charge in [0.25, 0.3) is 0 Å². The first-order valence-corrected chi connectivity index (χ1v) is 16.2. The van der Waals surface area contributed by atoms with Crippen LogP contribution in [0.25, 0.3) is 87.6 Å². The SMILES string of the molecule is c1ccc2c(c1)Oc1cccc3c(-c4c5ccccc5c(-c5ccc(-c6cccc7ccccc67)cc5)c5ccccc45)ccc-2c13. The van der Waals surface area contributed by atoms with Crippen molar-refractivity contribution in [2.45, 2.75) is 0 Å². The normalized spacial score (nSPS) is 12.0. The van der Waals surface area contributed by atoms with Gasteiger partial charge in [0, 0.05) is 10.9 Å². The molecule has 1 heterocycles. The van der Waals surface area contributed by atoms with Crippen molar-refractivity contribution in [1.82, 2.24) is 0 Å². The van der Waals surface area contributed by atoms with Crippen molar-refractivity contribution in [2.24, 2.45) is 0 Å². The summed E-state index contributed by atoms with van der Waals surface area (Å²) in [5.74, 6) is 1.82. The molecule has 0 fully saturated rings. The largest absolute Gasteiger partial charge is 0.456 e. The number of benzene rings is 9. The Morgan fingerprint density at radius 3 is 1.55 bits per heavy atom. The average molecular weight is 597 g/mol. The lowest BCUT2D eigenvalue weighted by atomic mass is 9.83. The Morgan fingerprint density at radius 1 is 0.277 bits per heavy atom. The van der Waals surface area contributed by atoms with Gasteiger partial charge in [-0.25, -0.2) is 0 Å². The van der Waals surface area contributed by atoms with E-state index < -0.39 is 0 Å². The maximum atomic E-state index is 6.46. The zero-order chi connectivity index (χ0) is 30.9. The predicted octanol–water partition coefficient (Wildman–Crippen LogP) is 13.1. The van der Waals surface area contributed by atoms with Crippen LogP contribution in [-0.2, 0) is 0 Å². The molecular weight excluding hydrogens is 569 g/mol. The molecule has 0 atom stereocenters. The Morgan fingerprint density at radius 2 is 0.787 bits per heavy atom. The highest BCUT2D eigenvalue weighted by molar-refractivity contribution is 6.24. The third-order valence-corrected chi connectivity index (χ3v) is 9.87. The fourth-order valence-corrected chi connectivity index (χ4v) is 7.82. The minimum atomic E-state index is 0.909. The molecule has 0 saturated heterocycles. The molecule has 0 saturated carbocycles. The predicted molar refractivity (Wildman–Crippen MR) is 198 cm³/mol. The van der Waals surface area contributed by atoms with Gasteiger partial charge in [0.2, 0.25) is 0 Å². The molecule has 1 nitrogen and oxygen atoms in total. The van der Waals surface area contributed by atoms with E-state index >= 15 is 0 Å². The first-order valence-electron chi connectivity index (χ1n) is 16.2. The van der Waals surface area contributed by atoms with E-state index in [-0.39, 0.29) is 0 Å². The number of hydrogen-bond acceptors (Lipinski definition) is 1. The lowest BCUT2D eigenvalue weighted by molar-refractivity contribution is 0.487. The van der Waals surface area contributed by atoms with Crippen LogP contribution in [0.5, 0.6) is 11.5 Å². The lowest BCUT2D eigenvalue weighted by Gasteiger charge is -2.24. The highest BCUT2D eigenvalue weighted by Crippen LogP contribution is 2.51.